The van der Waals surface area contributed by atoms with Gasteiger partial charge in [-0.05, 0) is 49.2 Å². The molecule has 0 radical (unpaired) electrons. The lowest BCUT2D eigenvalue weighted by Crippen LogP contribution is -2.08. The van der Waals surface area contributed by atoms with E-state index < -0.39 is 0 Å². The van der Waals surface area contributed by atoms with Crippen molar-refractivity contribution in [2.24, 2.45) is 0 Å². The molecule has 110 valence electrons. The van der Waals surface area contributed by atoms with Crippen LogP contribution in [0.3, 0.4) is 0 Å². The highest BCUT2D eigenvalue weighted by Crippen LogP contribution is 2.28. The SMILES string of the molecule is COc1cc(C)cc(C)c1C(=O)CSc1cccc(Cl)c1. The van der Waals surface area contributed by atoms with Gasteiger partial charge < -0.3 is 4.74 Å². The summed E-state index contributed by atoms with van der Waals surface area (Å²) in [5.41, 5.74) is 2.70. The fourth-order valence-corrected chi connectivity index (χ4v) is 3.31. The molecule has 0 saturated carbocycles. The minimum Gasteiger partial charge on any atom is -0.496 e. The number of Topliss-reactive ketones (excluding diaryl/α,β-unsaturated/α-hetero) is 1. The Bertz CT molecular complexity index is 668. The summed E-state index contributed by atoms with van der Waals surface area (Å²) in [6, 6.07) is 11.4. The standard InChI is InChI=1S/C17H17ClO2S/c1-11-7-12(2)17(16(8-11)20-3)15(19)10-21-14-6-4-5-13(18)9-14/h4-9H,10H2,1-3H3. The molecule has 0 unspecified atom stereocenters. The Morgan fingerprint density at radius 3 is 2.67 bits per heavy atom. The Balaban J connectivity index is 2.17. The molecule has 0 spiro atoms. The number of benzene rings is 2. The van der Waals surface area contributed by atoms with E-state index in [1.54, 1.807) is 7.11 Å². The van der Waals surface area contributed by atoms with Gasteiger partial charge in [-0.25, -0.2) is 0 Å². The third-order valence-electron chi connectivity index (χ3n) is 3.11. The maximum Gasteiger partial charge on any atom is 0.177 e. The predicted molar refractivity (Wildman–Crippen MR) is 89.0 cm³/mol. The maximum absolute atomic E-state index is 12.5. The van der Waals surface area contributed by atoms with Gasteiger partial charge in [-0.15, -0.1) is 11.8 Å². The third kappa shape index (κ3) is 4.02. The van der Waals surface area contributed by atoms with Gasteiger partial charge in [-0.2, -0.15) is 0 Å². The average molecular weight is 321 g/mol. The molecule has 0 saturated heterocycles. The van der Waals surface area contributed by atoms with Crippen molar-refractivity contribution in [3.8, 4) is 5.75 Å². The Labute approximate surface area is 134 Å². The van der Waals surface area contributed by atoms with Gasteiger partial charge in [0.05, 0.1) is 18.4 Å². The lowest BCUT2D eigenvalue weighted by Gasteiger charge is -2.12. The number of thioether (sulfide) groups is 1. The van der Waals surface area contributed by atoms with Crippen molar-refractivity contribution < 1.29 is 9.53 Å². The lowest BCUT2D eigenvalue weighted by atomic mass is 10.0. The first kappa shape index (κ1) is 15.9. The van der Waals surface area contributed by atoms with Gasteiger partial charge in [0.25, 0.3) is 0 Å². The smallest absolute Gasteiger partial charge is 0.177 e. The lowest BCUT2D eigenvalue weighted by molar-refractivity contribution is 0.101. The van der Waals surface area contributed by atoms with Gasteiger partial charge in [0.2, 0.25) is 0 Å². The summed E-state index contributed by atoms with van der Waals surface area (Å²) in [5, 5.41) is 0.677. The van der Waals surface area contributed by atoms with Gasteiger partial charge in [0, 0.05) is 9.92 Å². The van der Waals surface area contributed by atoms with Crippen LogP contribution < -0.4 is 4.74 Å². The first-order valence-corrected chi connectivity index (χ1v) is 7.94. The van der Waals surface area contributed by atoms with Crippen LogP contribution in [0.2, 0.25) is 5.02 Å². The van der Waals surface area contributed by atoms with Crippen molar-refractivity contribution in [2.75, 3.05) is 12.9 Å². The molecule has 2 nitrogen and oxygen atoms in total. The summed E-state index contributed by atoms with van der Waals surface area (Å²) in [4.78, 5) is 13.5. The van der Waals surface area contributed by atoms with Crippen LogP contribution in [0.4, 0.5) is 0 Å². The number of hydrogen-bond donors (Lipinski definition) is 0. The van der Waals surface area contributed by atoms with E-state index >= 15 is 0 Å². The summed E-state index contributed by atoms with van der Waals surface area (Å²) in [5.74, 6) is 1.07. The van der Waals surface area contributed by atoms with E-state index in [0.29, 0.717) is 22.1 Å². The zero-order valence-corrected chi connectivity index (χ0v) is 13.8. The van der Waals surface area contributed by atoms with E-state index in [-0.39, 0.29) is 5.78 Å². The molecule has 0 N–H and O–H groups in total. The molecule has 0 aliphatic carbocycles. The fourth-order valence-electron chi connectivity index (χ4n) is 2.22. The highest BCUT2D eigenvalue weighted by Gasteiger charge is 2.16. The van der Waals surface area contributed by atoms with E-state index in [2.05, 4.69) is 0 Å². The number of halogens is 1. The number of aryl methyl sites for hydroxylation is 2. The van der Waals surface area contributed by atoms with Crippen LogP contribution >= 0.6 is 23.4 Å². The van der Waals surface area contributed by atoms with Crippen LogP contribution in [-0.2, 0) is 0 Å². The predicted octanol–water partition coefficient (Wildman–Crippen LogP) is 4.94. The fraction of sp³-hybridized carbons (Fsp3) is 0.235. The second-order valence-electron chi connectivity index (χ2n) is 4.83. The second kappa shape index (κ2) is 7.01. The molecule has 0 amide bonds. The number of hydrogen-bond acceptors (Lipinski definition) is 3. The first-order valence-electron chi connectivity index (χ1n) is 6.58. The minimum atomic E-state index is 0.0642. The van der Waals surface area contributed by atoms with Gasteiger partial charge in [0.15, 0.2) is 5.78 Å². The topological polar surface area (TPSA) is 26.3 Å². The molecular weight excluding hydrogens is 304 g/mol. The monoisotopic (exact) mass is 320 g/mol. The van der Waals surface area contributed by atoms with Crippen LogP contribution in [0.15, 0.2) is 41.3 Å². The molecule has 2 aromatic rings. The van der Waals surface area contributed by atoms with Gasteiger partial charge in [-0.1, -0.05) is 23.7 Å². The van der Waals surface area contributed by atoms with Crippen LogP contribution in [-0.4, -0.2) is 18.6 Å². The Hall–Kier alpha value is -1.45. The Morgan fingerprint density at radius 1 is 1.24 bits per heavy atom. The van der Waals surface area contributed by atoms with Gasteiger partial charge in [0.1, 0.15) is 5.75 Å². The van der Waals surface area contributed by atoms with Crippen molar-refractivity contribution >= 4 is 29.1 Å². The van der Waals surface area contributed by atoms with Crippen LogP contribution in [0.25, 0.3) is 0 Å². The number of carbonyl (C=O) groups is 1. The number of ketones is 1. The minimum absolute atomic E-state index is 0.0642. The quantitative estimate of drug-likeness (QED) is 0.576. The van der Waals surface area contributed by atoms with E-state index in [9.17, 15) is 4.79 Å². The highest BCUT2D eigenvalue weighted by molar-refractivity contribution is 8.00. The van der Waals surface area contributed by atoms with Crippen LogP contribution in [0, 0.1) is 13.8 Å². The summed E-state index contributed by atoms with van der Waals surface area (Å²) in [6.07, 6.45) is 0. The molecule has 0 bridgehead atoms. The summed E-state index contributed by atoms with van der Waals surface area (Å²) >= 11 is 7.43. The van der Waals surface area contributed by atoms with Crippen molar-refractivity contribution in [1.29, 1.82) is 0 Å². The van der Waals surface area contributed by atoms with Crippen molar-refractivity contribution in [3.63, 3.8) is 0 Å². The Morgan fingerprint density at radius 2 is 2.00 bits per heavy atom. The number of carbonyl (C=O) groups excluding carboxylic acids is 1. The van der Waals surface area contributed by atoms with Crippen molar-refractivity contribution in [1.82, 2.24) is 0 Å². The van der Waals surface area contributed by atoms with E-state index in [1.807, 2.05) is 50.2 Å². The molecule has 0 fully saturated rings. The molecule has 2 aromatic carbocycles. The number of rotatable bonds is 5. The maximum atomic E-state index is 12.5. The molecule has 0 aromatic heterocycles. The molecule has 0 aliphatic rings. The Kier molecular flexibility index (Phi) is 5.32. The van der Waals surface area contributed by atoms with Gasteiger partial charge >= 0.3 is 0 Å². The van der Waals surface area contributed by atoms with Crippen LogP contribution in [0.5, 0.6) is 5.75 Å². The number of methoxy groups -OCH3 is 1. The molecule has 0 atom stereocenters. The van der Waals surface area contributed by atoms with Gasteiger partial charge in [-0.3, -0.25) is 4.79 Å². The van der Waals surface area contributed by atoms with E-state index in [4.69, 9.17) is 16.3 Å². The molecule has 0 heterocycles. The molecule has 2 rings (SSSR count). The first-order chi connectivity index (χ1) is 10.0. The molecular formula is C17H17ClO2S. The normalized spacial score (nSPS) is 10.5. The highest BCUT2D eigenvalue weighted by atomic mass is 35.5. The van der Waals surface area contributed by atoms with Crippen LogP contribution in [0.1, 0.15) is 21.5 Å². The molecule has 4 heteroatoms. The summed E-state index contributed by atoms with van der Waals surface area (Å²) in [7, 11) is 1.59. The van der Waals surface area contributed by atoms with E-state index in [1.165, 1.54) is 11.8 Å². The zero-order valence-electron chi connectivity index (χ0n) is 12.3. The summed E-state index contributed by atoms with van der Waals surface area (Å²) in [6.45, 7) is 3.93. The van der Waals surface area contributed by atoms with Crippen molar-refractivity contribution in [2.45, 2.75) is 18.7 Å². The van der Waals surface area contributed by atoms with E-state index in [0.717, 1.165) is 16.0 Å². The summed E-state index contributed by atoms with van der Waals surface area (Å²) < 4.78 is 5.35. The van der Waals surface area contributed by atoms with Crippen molar-refractivity contribution in [3.05, 3.63) is 58.1 Å². The third-order valence-corrected chi connectivity index (χ3v) is 4.34. The molecule has 0 aliphatic heterocycles. The second-order valence-corrected chi connectivity index (χ2v) is 6.31. The zero-order chi connectivity index (χ0) is 15.4. The largest absolute Gasteiger partial charge is 0.496 e. The number of ether oxygens (including phenoxy) is 1. The average Bonchev–Trinajstić information content (AvgIpc) is 2.44. The molecule has 21 heavy (non-hydrogen) atoms.